The van der Waals surface area contributed by atoms with Gasteiger partial charge in [0.15, 0.2) is 0 Å². The summed E-state index contributed by atoms with van der Waals surface area (Å²) in [4.78, 5) is 16.2. The van der Waals surface area contributed by atoms with Crippen molar-refractivity contribution in [1.29, 1.82) is 0 Å². The van der Waals surface area contributed by atoms with E-state index in [4.69, 9.17) is 0 Å². The number of carbonyl (C=O) groups is 1. The molecule has 1 aromatic heterocycles. The molecule has 4 heteroatoms. The number of hydrogen-bond donors (Lipinski definition) is 1. The summed E-state index contributed by atoms with van der Waals surface area (Å²) in [5.41, 5.74) is 3.62. The van der Waals surface area contributed by atoms with Crippen molar-refractivity contribution in [2.45, 2.75) is 20.8 Å². The number of nitrogens with zero attached hydrogens (tertiary/aromatic N) is 2. The molecule has 1 aromatic carbocycles. The SMILES string of the molecule is CC.Cc1ccc2c(c1)/C(=C\c1nccn1C)C(=O)N2. The fourth-order valence-corrected chi connectivity index (χ4v) is 2.09. The van der Waals surface area contributed by atoms with E-state index in [1.807, 2.05) is 62.9 Å². The summed E-state index contributed by atoms with van der Waals surface area (Å²) in [7, 11) is 1.91. The normalized spacial score (nSPS) is 14.6. The van der Waals surface area contributed by atoms with Gasteiger partial charge in [-0.05, 0) is 25.1 Å². The fourth-order valence-electron chi connectivity index (χ4n) is 2.09. The Balaban J connectivity index is 0.000000704. The van der Waals surface area contributed by atoms with E-state index in [0.29, 0.717) is 5.57 Å². The zero-order valence-electron chi connectivity index (χ0n) is 12.3. The summed E-state index contributed by atoms with van der Waals surface area (Å²) in [5.74, 6) is 0.702. The number of aromatic nitrogens is 2. The summed E-state index contributed by atoms with van der Waals surface area (Å²) in [5, 5.41) is 2.86. The van der Waals surface area contributed by atoms with E-state index >= 15 is 0 Å². The van der Waals surface area contributed by atoms with Crippen LogP contribution >= 0.6 is 0 Å². The smallest absolute Gasteiger partial charge is 0.256 e. The second-order valence-corrected chi connectivity index (χ2v) is 4.46. The molecule has 0 spiro atoms. The van der Waals surface area contributed by atoms with Gasteiger partial charge in [0.25, 0.3) is 5.91 Å². The molecule has 2 heterocycles. The molecule has 0 saturated heterocycles. The largest absolute Gasteiger partial charge is 0.335 e. The Morgan fingerprint density at radius 1 is 1.30 bits per heavy atom. The maximum Gasteiger partial charge on any atom is 0.256 e. The van der Waals surface area contributed by atoms with Crippen LogP contribution in [0.3, 0.4) is 0 Å². The van der Waals surface area contributed by atoms with Gasteiger partial charge >= 0.3 is 0 Å². The topological polar surface area (TPSA) is 46.9 Å². The first-order valence-electron chi connectivity index (χ1n) is 6.76. The maximum absolute atomic E-state index is 12.0. The van der Waals surface area contributed by atoms with Crippen LogP contribution in [0.5, 0.6) is 0 Å². The molecular weight excluding hydrogens is 250 g/mol. The van der Waals surface area contributed by atoms with Crippen LogP contribution in [-0.2, 0) is 11.8 Å². The Hall–Kier alpha value is -2.36. The van der Waals surface area contributed by atoms with Crippen molar-refractivity contribution in [3.63, 3.8) is 0 Å². The van der Waals surface area contributed by atoms with Crippen molar-refractivity contribution in [2.24, 2.45) is 7.05 Å². The van der Waals surface area contributed by atoms with E-state index in [0.717, 1.165) is 22.6 Å². The molecule has 3 rings (SSSR count). The standard InChI is InChI=1S/C14H13N3O.C2H6/c1-9-3-4-12-10(7-9)11(14(18)16-12)8-13-15-5-6-17(13)2;1-2/h3-8H,1-2H3,(H,16,18);1-2H3/b11-8+;. The molecule has 1 aliphatic rings. The predicted octanol–water partition coefficient (Wildman–Crippen LogP) is 3.25. The van der Waals surface area contributed by atoms with Crippen molar-refractivity contribution in [2.75, 3.05) is 5.32 Å². The first kappa shape index (κ1) is 14.1. The minimum Gasteiger partial charge on any atom is -0.335 e. The Morgan fingerprint density at radius 2 is 2.05 bits per heavy atom. The quantitative estimate of drug-likeness (QED) is 0.808. The van der Waals surface area contributed by atoms with E-state index in [2.05, 4.69) is 10.3 Å². The zero-order valence-corrected chi connectivity index (χ0v) is 12.3. The van der Waals surface area contributed by atoms with Crippen molar-refractivity contribution >= 4 is 23.2 Å². The minimum absolute atomic E-state index is 0.0707. The van der Waals surface area contributed by atoms with Gasteiger partial charge in [0, 0.05) is 30.7 Å². The Kier molecular flexibility index (Phi) is 4.03. The van der Waals surface area contributed by atoms with Crippen LogP contribution in [0.2, 0.25) is 0 Å². The number of hydrogen-bond acceptors (Lipinski definition) is 2. The van der Waals surface area contributed by atoms with Gasteiger partial charge in [-0.25, -0.2) is 4.98 Å². The molecule has 0 atom stereocenters. The molecule has 0 fully saturated rings. The molecule has 0 saturated carbocycles. The number of rotatable bonds is 1. The summed E-state index contributed by atoms with van der Waals surface area (Å²) < 4.78 is 1.88. The summed E-state index contributed by atoms with van der Waals surface area (Å²) in [6.45, 7) is 6.02. The van der Waals surface area contributed by atoms with Crippen LogP contribution < -0.4 is 5.32 Å². The Morgan fingerprint density at radius 3 is 2.70 bits per heavy atom. The van der Waals surface area contributed by atoms with Gasteiger partial charge < -0.3 is 9.88 Å². The summed E-state index contributed by atoms with van der Waals surface area (Å²) in [6, 6.07) is 5.94. The van der Waals surface area contributed by atoms with Crippen LogP contribution in [0.15, 0.2) is 30.6 Å². The fraction of sp³-hybridized carbons (Fsp3) is 0.250. The summed E-state index contributed by atoms with van der Waals surface area (Å²) >= 11 is 0. The average Bonchev–Trinajstić information content (AvgIpc) is 2.98. The highest BCUT2D eigenvalue weighted by atomic mass is 16.2. The molecule has 1 N–H and O–H groups in total. The zero-order chi connectivity index (χ0) is 14.7. The number of imidazole rings is 1. The molecule has 1 aliphatic heterocycles. The van der Waals surface area contributed by atoms with Gasteiger partial charge in [-0.15, -0.1) is 0 Å². The highest BCUT2D eigenvalue weighted by molar-refractivity contribution is 6.34. The van der Waals surface area contributed by atoms with Crippen molar-refractivity contribution in [1.82, 2.24) is 9.55 Å². The van der Waals surface area contributed by atoms with Gasteiger partial charge in [-0.3, -0.25) is 4.79 Å². The second-order valence-electron chi connectivity index (χ2n) is 4.46. The summed E-state index contributed by atoms with van der Waals surface area (Å²) in [6.07, 6.45) is 5.40. The highest BCUT2D eigenvalue weighted by Gasteiger charge is 2.24. The van der Waals surface area contributed by atoms with Gasteiger partial charge in [0.05, 0.1) is 5.57 Å². The third kappa shape index (κ3) is 2.50. The Bertz CT molecular complexity index is 668. The highest BCUT2D eigenvalue weighted by Crippen LogP contribution is 2.33. The van der Waals surface area contributed by atoms with Crippen LogP contribution in [0.1, 0.15) is 30.8 Å². The third-order valence-electron chi connectivity index (χ3n) is 3.09. The first-order valence-corrected chi connectivity index (χ1v) is 6.76. The number of nitrogens with one attached hydrogen (secondary N) is 1. The van der Waals surface area contributed by atoms with E-state index in [-0.39, 0.29) is 5.91 Å². The number of amides is 1. The van der Waals surface area contributed by atoms with Crippen molar-refractivity contribution in [3.05, 3.63) is 47.5 Å². The number of carbonyl (C=O) groups excluding carboxylic acids is 1. The average molecular weight is 269 g/mol. The molecule has 1 amide bonds. The molecule has 0 radical (unpaired) electrons. The van der Waals surface area contributed by atoms with E-state index in [9.17, 15) is 4.79 Å². The molecule has 104 valence electrons. The number of benzene rings is 1. The number of anilines is 1. The third-order valence-corrected chi connectivity index (χ3v) is 3.09. The van der Waals surface area contributed by atoms with Crippen molar-refractivity contribution < 1.29 is 4.79 Å². The minimum atomic E-state index is -0.0707. The van der Waals surface area contributed by atoms with Gasteiger partial charge in [0.1, 0.15) is 5.82 Å². The lowest BCUT2D eigenvalue weighted by molar-refractivity contribution is -0.110. The van der Waals surface area contributed by atoms with E-state index in [1.54, 1.807) is 6.20 Å². The maximum atomic E-state index is 12.0. The molecule has 0 bridgehead atoms. The number of aryl methyl sites for hydroxylation is 2. The monoisotopic (exact) mass is 269 g/mol. The molecule has 0 aliphatic carbocycles. The lowest BCUT2D eigenvalue weighted by Gasteiger charge is -2.00. The van der Waals surface area contributed by atoms with Gasteiger partial charge in [-0.1, -0.05) is 25.5 Å². The molecule has 2 aromatic rings. The second kappa shape index (κ2) is 5.74. The van der Waals surface area contributed by atoms with E-state index < -0.39 is 0 Å². The molecule has 4 nitrogen and oxygen atoms in total. The van der Waals surface area contributed by atoms with Crippen molar-refractivity contribution in [3.8, 4) is 0 Å². The van der Waals surface area contributed by atoms with Gasteiger partial charge in [0.2, 0.25) is 0 Å². The van der Waals surface area contributed by atoms with Crippen LogP contribution in [0.25, 0.3) is 11.6 Å². The first-order chi connectivity index (χ1) is 9.65. The molecular formula is C16H19N3O. The lowest BCUT2D eigenvalue weighted by atomic mass is 10.0. The predicted molar refractivity (Wildman–Crippen MR) is 82.2 cm³/mol. The van der Waals surface area contributed by atoms with Crippen LogP contribution in [0.4, 0.5) is 5.69 Å². The van der Waals surface area contributed by atoms with E-state index in [1.165, 1.54) is 0 Å². The van der Waals surface area contributed by atoms with Gasteiger partial charge in [-0.2, -0.15) is 0 Å². The number of fused-ring (bicyclic) bond motifs is 1. The Labute approximate surface area is 119 Å². The van der Waals surface area contributed by atoms with Crippen LogP contribution in [-0.4, -0.2) is 15.5 Å². The molecule has 0 unspecified atom stereocenters. The molecule has 20 heavy (non-hydrogen) atoms. The lowest BCUT2D eigenvalue weighted by Crippen LogP contribution is -2.04. The van der Waals surface area contributed by atoms with Crippen LogP contribution in [0, 0.1) is 6.92 Å².